The van der Waals surface area contributed by atoms with Gasteiger partial charge in [0.15, 0.2) is 0 Å². The molecule has 0 heterocycles. The SMILES string of the molecule is CC(CN)C(=O)O.CN[C@@H](CC(=O)O)C(=O)O. The Morgan fingerprint density at radius 2 is 1.65 bits per heavy atom. The summed E-state index contributed by atoms with van der Waals surface area (Å²) in [7, 11) is 1.40. The molecule has 0 saturated carbocycles. The van der Waals surface area contributed by atoms with Crippen molar-refractivity contribution in [2.45, 2.75) is 19.4 Å². The molecule has 17 heavy (non-hydrogen) atoms. The third-order valence-electron chi connectivity index (χ3n) is 1.80. The van der Waals surface area contributed by atoms with E-state index >= 15 is 0 Å². The monoisotopic (exact) mass is 250 g/mol. The molecule has 0 saturated heterocycles. The summed E-state index contributed by atoms with van der Waals surface area (Å²) in [6.45, 7) is 1.79. The first-order valence-corrected chi connectivity index (χ1v) is 4.80. The zero-order chi connectivity index (χ0) is 14.0. The van der Waals surface area contributed by atoms with Crippen molar-refractivity contribution < 1.29 is 29.7 Å². The topological polar surface area (TPSA) is 150 Å². The molecule has 0 aromatic carbocycles. The Kier molecular flexibility index (Phi) is 9.95. The molecule has 0 radical (unpaired) electrons. The molecule has 0 aromatic heterocycles. The number of likely N-dealkylation sites (N-methyl/N-ethyl adjacent to an activating group) is 1. The predicted molar refractivity (Wildman–Crippen MR) is 58.6 cm³/mol. The minimum Gasteiger partial charge on any atom is -0.481 e. The molecule has 6 N–H and O–H groups in total. The first-order chi connectivity index (χ1) is 7.76. The van der Waals surface area contributed by atoms with E-state index in [2.05, 4.69) is 5.32 Å². The van der Waals surface area contributed by atoms with E-state index < -0.39 is 36.3 Å². The molecule has 0 bridgehead atoms. The molecule has 1 unspecified atom stereocenters. The van der Waals surface area contributed by atoms with Gasteiger partial charge in [0, 0.05) is 6.54 Å². The van der Waals surface area contributed by atoms with Crippen LogP contribution in [0.15, 0.2) is 0 Å². The Morgan fingerprint density at radius 1 is 1.18 bits per heavy atom. The number of carboxylic acid groups (broad SMARTS) is 3. The number of aliphatic carboxylic acids is 3. The van der Waals surface area contributed by atoms with Crippen LogP contribution in [-0.2, 0) is 14.4 Å². The lowest BCUT2D eigenvalue weighted by Gasteiger charge is -2.06. The van der Waals surface area contributed by atoms with Gasteiger partial charge < -0.3 is 26.4 Å². The van der Waals surface area contributed by atoms with Crippen LogP contribution in [0.2, 0.25) is 0 Å². The van der Waals surface area contributed by atoms with Crippen LogP contribution in [-0.4, -0.2) is 52.9 Å². The Morgan fingerprint density at radius 3 is 1.71 bits per heavy atom. The maximum Gasteiger partial charge on any atom is 0.321 e. The number of hydrogen-bond acceptors (Lipinski definition) is 5. The highest BCUT2D eigenvalue weighted by molar-refractivity contribution is 5.80. The molecule has 0 amide bonds. The lowest BCUT2D eigenvalue weighted by Crippen LogP contribution is -2.35. The van der Waals surface area contributed by atoms with Crippen molar-refractivity contribution in [3.05, 3.63) is 0 Å². The second kappa shape index (κ2) is 9.55. The van der Waals surface area contributed by atoms with E-state index in [4.69, 9.17) is 21.1 Å². The van der Waals surface area contributed by atoms with Crippen LogP contribution in [0.5, 0.6) is 0 Å². The van der Waals surface area contributed by atoms with Gasteiger partial charge in [0.1, 0.15) is 6.04 Å². The van der Waals surface area contributed by atoms with Crippen molar-refractivity contribution in [1.82, 2.24) is 5.32 Å². The van der Waals surface area contributed by atoms with Crippen LogP contribution >= 0.6 is 0 Å². The Labute approximate surface area is 98.4 Å². The summed E-state index contributed by atoms with van der Waals surface area (Å²) in [6.07, 6.45) is -0.397. The quantitative estimate of drug-likeness (QED) is 0.394. The maximum absolute atomic E-state index is 10.1. The van der Waals surface area contributed by atoms with E-state index in [0.29, 0.717) is 0 Å². The zero-order valence-electron chi connectivity index (χ0n) is 9.71. The number of carboxylic acids is 3. The van der Waals surface area contributed by atoms with Gasteiger partial charge in [-0.05, 0) is 7.05 Å². The molecule has 0 aliphatic heterocycles. The Balaban J connectivity index is 0. The van der Waals surface area contributed by atoms with E-state index in [1.807, 2.05) is 0 Å². The minimum atomic E-state index is -1.15. The number of hydrogen-bond donors (Lipinski definition) is 5. The molecule has 0 aromatic rings. The fourth-order valence-electron chi connectivity index (χ4n) is 0.588. The minimum absolute atomic E-state index is 0.218. The smallest absolute Gasteiger partial charge is 0.321 e. The van der Waals surface area contributed by atoms with E-state index in [-0.39, 0.29) is 6.54 Å². The standard InChI is InChI=1S/C5H9NO4.C4H9NO2/c1-6-3(5(9)10)2-4(7)8;1-3(2-5)4(6)7/h3,6H,2H2,1H3,(H,7,8)(H,9,10);3H,2,5H2,1H3,(H,6,7)/t3-;/m0./s1. The van der Waals surface area contributed by atoms with Crippen molar-refractivity contribution in [3.8, 4) is 0 Å². The molecule has 0 fully saturated rings. The predicted octanol–water partition coefficient (Wildman–Crippen LogP) is -1.20. The van der Waals surface area contributed by atoms with Gasteiger partial charge in [0.05, 0.1) is 12.3 Å². The van der Waals surface area contributed by atoms with E-state index in [0.717, 1.165) is 0 Å². The van der Waals surface area contributed by atoms with E-state index in [1.165, 1.54) is 7.05 Å². The highest BCUT2D eigenvalue weighted by Gasteiger charge is 2.17. The van der Waals surface area contributed by atoms with Gasteiger partial charge in [-0.15, -0.1) is 0 Å². The number of nitrogens with two attached hydrogens (primary N) is 1. The molecule has 0 aliphatic carbocycles. The van der Waals surface area contributed by atoms with E-state index in [1.54, 1.807) is 6.92 Å². The molecule has 8 nitrogen and oxygen atoms in total. The molecular weight excluding hydrogens is 232 g/mol. The van der Waals surface area contributed by atoms with Gasteiger partial charge in [-0.3, -0.25) is 14.4 Å². The summed E-state index contributed by atoms with van der Waals surface area (Å²) < 4.78 is 0. The summed E-state index contributed by atoms with van der Waals surface area (Å²) in [5, 5.41) is 26.9. The number of nitrogens with one attached hydrogen (secondary N) is 1. The third kappa shape index (κ3) is 10.6. The maximum atomic E-state index is 10.1. The molecular formula is C9H18N2O6. The van der Waals surface area contributed by atoms with Gasteiger partial charge >= 0.3 is 17.9 Å². The highest BCUT2D eigenvalue weighted by Crippen LogP contribution is 1.90. The average molecular weight is 250 g/mol. The lowest BCUT2D eigenvalue weighted by atomic mass is 10.2. The first-order valence-electron chi connectivity index (χ1n) is 4.80. The summed E-state index contributed by atoms with van der Waals surface area (Å²) in [4.78, 5) is 30.0. The van der Waals surface area contributed by atoms with Crippen molar-refractivity contribution in [2.75, 3.05) is 13.6 Å². The second-order valence-corrected chi connectivity index (χ2v) is 3.25. The van der Waals surface area contributed by atoms with Crippen molar-refractivity contribution in [2.24, 2.45) is 11.7 Å². The third-order valence-corrected chi connectivity index (χ3v) is 1.80. The number of carbonyl (C=O) groups is 3. The van der Waals surface area contributed by atoms with Gasteiger partial charge in [-0.2, -0.15) is 0 Å². The van der Waals surface area contributed by atoms with E-state index in [9.17, 15) is 14.4 Å². The summed E-state index contributed by atoms with van der Waals surface area (Å²) in [6, 6.07) is -0.988. The number of rotatable bonds is 6. The van der Waals surface area contributed by atoms with Crippen LogP contribution < -0.4 is 11.1 Å². The molecule has 0 aliphatic rings. The Bertz CT molecular complexity index is 268. The fourth-order valence-corrected chi connectivity index (χ4v) is 0.588. The average Bonchev–Trinajstić information content (AvgIpc) is 2.24. The summed E-state index contributed by atoms with van der Waals surface area (Å²) >= 11 is 0. The van der Waals surface area contributed by atoms with Crippen molar-refractivity contribution in [3.63, 3.8) is 0 Å². The van der Waals surface area contributed by atoms with Crippen LogP contribution in [0.1, 0.15) is 13.3 Å². The zero-order valence-corrected chi connectivity index (χ0v) is 9.71. The van der Waals surface area contributed by atoms with Gasteiger partial charge in [-0.25, -0.2) is 0 Å². The lowest BCUT2D eigenvalue weighted by molar-refractivity contribution is -0.145. The van der Waals surface area contributed by atoms with Crippen molar-refractivity contribution >= 4 is 17.9 Å². The molecule has 8 heteroatoms. The van der Waals surface area contributed by atoms with Gasteiger partial charge in [-0.1, -0.05) is 6.92 Å². The van der Waals surface area contributed by atoms with Crippen LogP contribution in [0, 0.1) is 5.92 Å². The normalized spacial score (nSPS) is 12.9. The van der Waals surface area contributed by atoms with Crippen LogP contribution in [0.4, 0.5) is 0 Å². The first kappa shape index (κ1) is 17.7. The largest absolute Gasteiger partial charge is 0.481 e. The molecule has 2 atom stereocenters. The second-order valence-electron chi connectivity index (χ2n) is 3.25. The summed E-state index contributed by atoms with van der Waals surface area (Å²) in [5.41, 5.74) is 4.99. The highest BCUT2D eigenvalue weighted by atomic mass is 16.4. The van der Waals surface area contributed by atoms with Gasteiger partial charge in [0.25, 0.3) is 0 Å². The molecule has 0 spiro atoms. The molecule has 0 rings (SSSR count). The van der Waals surface area contributed by atoms with Crippen LogP contribution in [0.25, 0.3) is 0 Å². The summed E-state index contributed by atoms with van der Waals surface area (Å²) in [5.74, 6) is -3.51. The van der Waals surface area contributed by atoms with Crippen molar-refractivity contribution in [1.29, 1.82) is 0 Å². The fraction of sp³-hybridized carbons (Fsp3) is 0.667. The van der Waals surface area contributed by atoms with Crippen LogP contribution in [0.3, 0.4) is 0 Å². The Hall–Kier alpha value is -1.67. The molecule has 100 valence electrons. The van der Waals surface area contributed by atoms with Gasteiger partial charge in [0.2, 0.25) is 0 Å².